The number of hydrogen-bond acceptors (Lipinski definition) is 2. The molecule has 1 heterocycles. The van der Waals surface area contributed by atoms with Crippen molar-refractivity contribution in [2.75, 3.05) is 0 Å². The summed E-state index contributed by atoms with van der Waals surface area (Å²) < 4.78 is 27.3. The summed E-state index contributed by atoms with van der Waals surface area (Å²) >= 11 is 3.41. The van der Waals surface area contributed by atoms with E-state index in [9.17, 15) is 8.42 Å². The predicted octanol–water partition coefficient (Wildman–Crippen LogP) is 3.82. The molecular weight excluding hydrogens is 338 g/mol. The van der Waals surface area contributed by atoms with Gasteiger partial charge in [0.1, 0.15) is 4.75 Å². The Morgan fingerprint density at radius 2 is 2.00 bits per heavy atom. The van der Waals surface area contributed by atoms with Gasteiger partial charge in [-0.1, -0.05) is 52.4 Å². The molecule has 1 aliphatic rings. The van der Waals surface area contributed by atoms with Crippen molar-refractivity contribution >= 4 is 36.9 Å². The monoisotopic (exact) mass is 351 g/mol. The molecule has 2 aromatic rings. The molecule has 1 aromatic carbocycles. The lowest BCUT2D eigenvalue weighted by molar-refractivity contribution is 0.554. The van der Waals surface area contributed by atoms with E-state index in [4.69, 9.17) is 0 Å². The summed E-state index contributed by atoms with van der Waals surface area (Å²) in [5.74, 6) is 0. The molecule has 3 nitrogen and oxygen atoms in total. The largest absolute Gasteiger partial charge is 0.248 e. The van der Waals surface area contributed by atoms with Crippen LogP contribution in [0.1, 0.15) is 13.3 Å². The molecule has 0 saturated heterocycles. The molecule has 0 aliphatic heterocycles. The third kappa shape index (κ3) is 1.96. The number of allylic oxidation sites excluding steroid dienone is 3. The Kier molecular flexibility index (Phi) is 3.14. The molecule has 3 rings (SSSR count). The third-order valence-electron chi connectivity index (χ3n) is 3.66. The number of aromatic nitrogens is 1. The molecule has 0 saturated carbocycles. The third-order valence-corrected chi connectivity index (χ3v) is 6.50. The Bertz CT molecular complexity index is 832. The molecule has 1 aliphatic carbocycles. The van der Waals surface area contributed by atoms with Gasteiger partial charge in [0.05, 0.1) is 5.52 Å². The molecule has 5 heteroatoms. The summed E-state index contributed by atoms with van der Waals surface area (Å²) in [6.45, 7) is 1.75. The van der Waals surface area contributed by atoms with Crippen molar-refractivity contribution in [2.24, 2.45) is 0 Å². The van der Waals surface area contributed by atoms with E-state index in [1.165, 1.54) is 3.97 Å². The van der Waals surface area contributed by atoms with E-state index in [0.717, 1.165) is 9.87 Å². The highest BCUT2D eigenvalue weighted by atomic mass is 79.9. The maximum atomic E-state index is 13.0. The number of benzene rings is 1. The fourth-order valence-electron chi connectivity index (χ4n) is 2.48. The van der Waals surface area contributed by atoms with Gasteiger partial charge in [0.25, 0.3) is 0 Å². The Labute approximate surface area is 126 Å². The zero-order valence-electron chi connectivity index (χ0n) is 11.0. The molecule has 0 radical (unpaired) electrons. The second-order valence-electron chi connectivity index (χ2n) is 5.14. The SMILES string of the molecule is CC1(S(=O)(=O)n2ccc3ccccc32)C=CC=C(Br)C1. The van der Waals surface area contributed by atoms with Crippen molar-refractivity contribution in [3.8, 4) is 0 Å². The van der Waals surface area contributed by atoms with Crippen LogP contribution in [0, 0.1) is 0 Å². The van der Waals surface area contributed by atoms with Crippen LogP contribution in [0.5, 0.6) is 0 Å². The molecule has 0 fully saturated rings. The number of rotatable bonds is 2. The Balaban J connectivity index is 2.18. The fourth-order valence-corrected chi connectivity index (χ4v) is 5.08. The molecule has 0 spiro atoms. The van der Waals surface area contributed by atoms with Crippen LogP contribution in [0.3, 0.4) is 0 Å². The van der Waals surface area contributed by atoms with E-state index in [0.29, 0.717) is 11.9 Å². The van der Waals surface area contributed by atoms with Gasteiger partial charge in [-0.25, -0.2) is 12.4 Å². The van der Waals surface area contributed by atoms with Crippen LogP contribution in [-0.4, -0.2) is 17.1 Å². The van der Waals surface area contributed by atoms with Gasteiger partial charge >= 0.3 is 0 Å². The highest BCUT2D eigenvalue weighted by Gasteiger charge is 2.40. The summed E-state index contributed by atoms with van der Waals surface area (Å²) in [7, 11) is -3.52. The molecule has 0 amide bonds. The second kappa shape index (κ2) is 4.60. The zero-order chi connectivity index (χ0) is 14.4. The lowest BCUT2D eigenvalue weighted by Crippen LogP contribution is -2.38. The first-order valence-corrected chi connectivity index (χ1v) is 8.52. The van der Waals surface area contributed by atoms with Crippen LogP contribution in [0.15, 0.2) is 59.2 Å². The number of hydrogen-bond donors (Lipinski definition) is 0. The van der Waals surface area contributed by atoms with E-state index in [1.807, 2.05) is 36.4 Å². The number of nitrogens with zero attached hydrogens (tertiary/aromatic N) is 1. The minimum atomic E-state index is -3.52. The summed E-state index contributed by atoms with van der Waals surface area (Å²) in [5, 5.41) is 0.925. The topological polar surface area (TPSA) is 39.1 Å². The molecule has 1 atom stereocenters. The fraction of sp³-hybridized carbons (Fsp3) is 0.200. The van der Waals surface area contributed by atoms with Crippen molar-refractivity contribution in [2.45, 2.75) is 18.1 Å². The lowest BCUT2D eigenvalue weighted by atomic mass is 10.0. The lowest BCUT2D eigenvalue weighted by Gasteiger charge is -2.28. The van der Waals surface area contributed by atoms with Gasteiger partial charge in [0.2, 0.25) is 10.0 Å². The van der Waals surface area contributed by atoms with E-state index in [1.54, 1.807) is 25.3 Å². The minimum Gasteiger partial charge on any atom is -0.244 e. The van der Waals surface area contributed by atoms with Gasteiger partial charge in [-0.05, 0) is 23.5 Å². The van der Waals surface area contributed by atoms with Crippen LogP contribution >= 0.6 is 15.9 Å². The molecule has 0 N–H and O–H groups in total. The first kappa shape index (κ1) is 13.6. The van der Waals surface area contributed by atoms with Crippen molar-refractivity contribution in [1.82, 2.24) is 3.97 Å². The molecular formula is C15H14BrNO2S. The maximum absolute atomic E-state index is 13.0. The summed E-state index contributed by atoms with van der Waals surface area (Å²) in [5.41, 5.74) is 0.716. The van der Waals surface area contributed by atoms with Gasteiger partial charge in [-0.2, -0.15) is 0 Å². The Morgan fingerprint density at radius 1 is 1.25 bits per heavy atom. The van der Waals surface area contributed by atoms with Gasteiger partial charge in [-0.15, -0.1) is 0 Å². The number of halogens is 1. The smallest absolute Gasteiger partial charge is 0.244 e. The summed E-state index contributed by atoms with van der Waals surface area (Å²) in [4.78, 5) is 0. The minimum absolute atomic E-state index is 0.443. The molecule has 104 valence electrons. The van der Waals surface area contributed by atoms with Crippen LogP contribution in [0.4, 0.5) is 0 Å². The van der Waals surface area contributed by atoms with Gasteiger partial charge in [0, 0.05) is 18.0 Å². The van der Waals surface area contributed by atoms with Gasteiger partial charge < -0.3 is 0 Å². The Morgan fingerprint density at radius 3 is 2.75 bits per heavy atom. The van der Waals surface area contributed by atoms with Gasteiger partial charge in [0.15, 0.2) is 0 Å². The standard InChI is InChI=1S/C15H14BrNO2S/c1-15(9-4-6-13(16)11-15)20(18,19)17-10-8-12-5-2-3-7-14(12)17/h2-10H,11H2,1H3. The number of para-hydroxylation sites is 1. The normalized spacial score (nSPS) is 23.0. The van der Waals surface area contributed by atoms with E-state index in [-0.39, 0.29) is 0 Å². The quantitative estimate of drug-likeness (QED) is 0.824. The molecule has 1 aromatic heterocycles. The first-order chi connectivity index (χ1) is 9.44. The van der Waals surface area contributed by atoms with E-state index in [2.05, 4.69) is 15.9 Å². The van der Waals surface area contributed by atoms with Crippen molar-refractivity contribution in [3.05, 3.63) is 59.2 Å². The molecule has 0 bridgehead atoms. The van der Waals surface area contributed by atoms with Crippen molar-refractivity contribution in [1.29, 1.82) is 0 Å². The van der Waals surface area contributed by atoms with E-state index >= 15 is 0 Å². The van der Waals surface area contributed by atoms with Crippen molar-refractivity contribution in [3.63, 3.8) is 0 Å². The zero-order valence-corrected chi connectivity index (χ0v) is 13.4. The maximum Gasteiger partial charge on any atom is 0.248 e. The first-order valence-electron chi connectivity index (χ1n) is 6.29. The second-order valence-corrected chi connectivity index (χ2v) is 8.43. The predicted molar refractivity (Wildman–Crippen MR) is 85.4 cm³/mol. The highest BCUT2D eigenvalue weighted by molar-refractivity contribution is 9.11. The molecule has 1 unspecified atom stereocenters. The van der Waals surface area contributed by atoms with Crippen molar-refractivity contribution < 1.29 is 8.42 Å². The van der Waals surface area contributed by atoms with Crippen LogP contribution in [0.2, 0.25) is 0 Å². The van der Waals surface area contributed by atoms with E-state index < -0.39 is 14.8 Å². The number of fused-ring (bicyclic) bond motifs is 1. The average molecular weight is 352 g/mol. The molecule has 20 heavy (non-hydrogen) atoms. The summed E-state index contributed by atoms with van der Waals surface area (Å²) in [6.07, 6.45) is 7.49. The highest BCUT2D eigenvalue weighted by Crippen LogP contribution is 2.35. The van der Waals surface area contributed by atoms with Crippen LogP contribution in [0.25, 0.3) is 10.9 Å². The van der Waals surface area contributed by atoms with Crippen LogP contribution in [-0.2, 0) is 10.0 Å². The summed E-state index contributed by atoms with van der Waals surface area (Å²) in [6, 6.07) is 9.32. The van der Waals surface area contributed by atoms with Crippen LogP contribution < -0.4 is 0 Å². The van der Waals surface area contributed by atoms with Gasteiger partial charge in [-0.3, -0.25) is 0 Å². The average Bonchev–Trinajstić information content (AvgIpc) is 2.82. The Hall–Kier alpha value is -1.33.